The zero-order valence-electron chi connectivity index (χ0n) is 14.0. The van der Waals surface area contributed by atoms with Gasteiger partial charge in [0.2, 0.25) is 0 Å². The number of rotatable bonds is 2. The molecular formula is C18H13F3N4O2. The quantitative estimate of drug-likeness (QED) is 0.748. The van der Waals surface area contributed by atoms with Crippen molar-refractivity contribution in [2.45, 2.75) is 25.2 Å². The molecule has 6 nitrogen and oxygen atoms in total. The van der Waals surface area contributed by atoms with E-state index >= 15 is 0 Å². The predicted molar refractivity (Wildman–Crippen MR) is 88.9 cm³/mol. The Balaban J connectivity index is 1.89. The summed E-state index contributed by atoms with van der Waals surface area (Å²) < 4.78 is 43.4. The number of hydrogen-bond donors (Lipinski definition) is 1. The minimum absolute atomic E-state index is 0.0409. The second kappa shape index (κ2) is 5.63. The molecule has 1 aromatic carbocycles. The van der Waals surface area contributed by atoms with Crippen molar-refractivity contribution < 1.29 is 22.8 Å². The number of carbonyl (C=O) groups excluding carboxylic acids is 2. The third-order valence-corrected chi connectivity index (χ3v) is 4.57. The average Bonchev–Trinajstić information content (AvgIpc) is 3.09. The molecule has 0 saturated carbocycles. The molecule has 1 unspecified atom stereocenters. The van der Waals surface area contributed by atoms with Crippen molar-refractivity contribution in [2.75, 3.05) is 0 Å². The number of imidazole rings is 1. The van der Waals surface area contributed by atoms with Crippen LogP contribution in [0.25, 0.3) is 11.0 Å². The Morgan fingerprint density at radius 1 is 1.22 bits per heavy atom. The van der Waals surface area contributed by atoms with Gasteiger partial charge in [0, 0.05) is 11.9 Å². The van der Waals surface area contributed by atoms with E-state index in [0.717, 1.165) is 4.57 Å². The molecule has 0 spiro atoms. The molecule has 4 rings (SSSR count). The van der Waals surface area contributed by atoms with Crippen LogP contribution < -0.4 is 5.32 Å². The minimum Gasteiger partial charge on any atom is -0.315 e. The first-order chi connectivity index (χ1) is 12.7. The average molecular weight is 374 g/mol. The maximum absolute atomic E-state index is 14.2. The maximum atomic E-state index is 14.2. The number of carbonyl (C=O) groups is 2. The van der Waals surface area contributed by atoms with Gasteiger partial charge in [0.15, 0.2) is 5.78 Å². The molecule has 1 aliphatic rings. The molecule has 1 N–H and O–H groups in total. The van der Waals surface area contributed by atoms with Gasteiger partial charge in [-0.1, -0.05) is 12.1 Å². The molecule has 3 aromatic rings. The third-order valence-electron chi connectivity index (χ3n) is 4.57. The first kappa shape index (κ1) is 17.2. The van der Waals surface area contributed by atoms with Crippen LogP contribution >= 0.6 is 0 Å². The van der Waals surface area contributed by atoms with Crippen molar-refractivity contribution >= 4 is 22.7 Å². The van der Waals surface area contributed by atoms with E-state index in [4.69, 9.17) is 0 Å². The predicted octanol–water partition coefficient (Wildman–Crippen LogP) is 2.51. The minimum atomic E-state index is -5.06. The Morgan fingerprint density at radius 2 is 1.96 bits per heavy atom. The molecule has 0 aliphatic carbocycles. The smallest absolute Gasteiger partial charge is 0.315 e. The van der Waals surface area contributed by atoms with Gasteiger partial charge in [-0.2, -0.15) is 13.2 Å². The number of aryl methyl sites for hydroxylation is 1. The topological polar surface area (TPSA) is 76.9 Å². The van der Waals surface area contributed by atoms with Gasteiger partial charge < -0.3 is 5.32 Å². The number of benzene rings is 1. The summed E-state index contributed by atoms with van der Waals surface area (Å²) in [6, 6.07) is 9.03. The van der Waals surface area contributed by atoms with Gasteiger partial charge in [0.05, 0.1) is 23.0 Å². The van der Waals surface area contributed by atoms with Crippen molar-refractivity contribution in [3.63, 3.8) is 0 Å². The summed E-state index contributed by atoms with van der Waals surface area (Å²) in [5.74, 6) is -2.27. The molecule has 9 heteroatoms. The van der Waals surface area contributed by atoms with E-state index in [-0.39, 0.29) is 16.9 Å². The summed E-state index contributed by atoms with van der Waals surface area (Å²) in [5.41, 5.74) is -2.23. The molecule has 2 aromatic heterocycles. The lowest BCUT2D eigenvalue weighted by Crippen LogP contribution is -2.62. The van der Waals surface area contributed by atoms with Crippen molar-refractivity contribution in [3.05, 3.63) is 59.7 Å². The van der Waals surface area contributed by atoms with Gasteiger partial charge in [-0.25, -0.2) is 4.98 Å². The first-order valence-electron chi connectivity index (χ1n) is 8.06. The van der Waals surface area contributed by atoms with E-state index in [2.05, 4.69) is 9.97 Å². The normalized spacial score (nSPS) is 19.3. The maximum Gasteiger partial charge on any atom is 0.438 e. The number of para-hydroxylation sites is 2. The van der Waals surface area contributed by atoms with Crippen LogP contribution in [0.3, 0.4) is 0 Å². The van der Waals surface area contributed by atoms with Gasteiger partial charge >= 0.3 is 6.18 Å². The number of halogens is 3. The standard InChI is InChI=1S/C18H13F3N4O2/c1-10-6-7-11(9-22-10)16(27)24-17(18(19,20)21)14(26)8-15-23-12-4-2-3-5-13(12)25(15)17/h2-7,9H,8H2,1H3,(H,24,27). The highest BCUT2D eigenvalue weighted by Crippen LogP contribution is 2.43. The van der Waals surface area contributed by atoms with Crippen LogP contribution in [0.15, 0.2) is 42.6 Å². The number of nitrogens with one attached hydrogen (secondary N) is 1. The summed E-state index contributed by atoms with van der Waals surface area (Å²) in [5, 5.41) is 1.92. The highest BCUT2D eigenvalue weighted by atomic mass is 19.4. The van der Waals surface area contributed by atoms with Crippen LogP contribution in [0, 0.1) is 6.92 Å². The molecule has 0 saturated heterocycles. The second-order valence-corrected chi connectivity index (χ2v) is 6.30. The van der Waals surface area contributed by atoms with Gasteiger partial charge in [-0.05, 0) is 31.2 Å². The first-order valence-corrected chi connectivity index (χ1v) is 8.06. The Morgan fingerprint density at radius 3 is 2.63 bits per heavy atom. The monoisotopic (exact) mass is 374 g/mol. The Labute approximate surface area is 151 Å². The summed E-state index contributed by atoms with van der Waals surface area (Å²) in [6.45, 7) is 1.68. The van der Waals surface area contributed by atoms with Crippen LogP contribution in [-0.4, -0.2) is 32.4 Å². The van der Waals surface area contributed by atoms with Gasteiger partial charge in [0.25, 0.3) is 11.6 Å². The molecular weight excluding hydrogens is 361 g/mol. The lowest BCUT2D eigenvalue weighted by Gasteiger charge is -2.33. The van der Waals surface area contributed by atoms with Crippen LogP contribution in [0.2, 0.25) is 0 Å². The molecule has 0 fully saturated rings. The number of ketones is 1. The van der Waals surface area contributed by atoms with E-state index in [9.17, 15) is 22.8 Å². The van der Waals surface area contributed by atoms with Crippen molar-refractivity contribution in [1.82, 2.24) is 19.9 Å². The zero-order valence-corrected chi connectivity index (χ0v) is 14.0. The van der Waals surface area contributed by atoms with Crippen LogP contribution in [0.5, 0.6) is 0 Å². The van der Waals surface area contributed by atoms with E-state index in [1.54, 1.807) is 25.1 Å². The number of amides is 1. The molecule has 3 heterocycles. The van der Waals surface area contributed by atoms with Gasteiger partial charge in [0.1, 0.15) is 5.82 Å². The van der Waals surface area contributed by atoms with E-state index < -0.39 is 30.0 Å². The van der Waals surface area contributed by atoms with Crippen molar-refractivity contribution in [1.29, 1.82) is 0 Å². The molecule has 0 bridgehead atoms. The SMILES string of the molecule is Cc1ccc(C(=O)NC2(C(F)(F)F)C(=O)Cc3nc4ccccc4n32)cn1. The van der Waals surface area contributed by atoms with Gasteiger partial charge in [-0.3, -0.25) is 19.1 Å². The van der Waals surface area contributed by atoms with E-state index in [0.29, 0.717) is 11.2 Å². The van der Waals surface area contributed by atoms with E-state index in [1.165, 1.54) is 24.4 Å². The Kier molecular flexibility index (Phi) is 3.59. The van der Waals surface area contributed by atoms with Gasteiger partial charge in [-0.15, -0.1) is 0 Å². The molecule has 27 heavy (non-hydrogen) atoms. The Hall–Kier alpha value is -3.23. The summed E-state index contributed by atoms with van der Waals surface area (Å²) >= 11 is 0. The number of nitrogens with zero attached hydrogens (tertiary/aromatic N) is 3. The number of pyridine rings is 1. The van der Waals surface area contributed by atoms with Crippen molar-refractivity contribution in [2.24, 2.45) is 0 Å². The highest BCUT2D eigenvalue weighted by Gasteiger charge is 2.66. The Bertz CT molecular complexity index is 1070. The molecule has 1 amide bonds. The highest BCUT2D eigenvalue weighted by molar-refractivity contribution is 6.02. The molecule has 138 valence electrons. The largest absolute Gasteiger partial charge is 0.438 e. The lowest BCUT2D eigenvalue weighted by atomic mass is 10.0. The van der Waals surface area contributed by atoms with E-state index in [1.807, 2.05) is 5.32 Å². The van der Waals surface area contributed by atoms with Crippen LogP contribution in [0.1, 0.15) is 21.9 Å². The number of aromatic nitrogens is 3. The fourth-order valence-corrected chi connectivity index (χ4v) is 3.28. The number of hydrogen-bond acceptors (Lipinski definition) is 4. The van der Waals surface area contributed by atoms with Crippen LogP contribution in [-0.2, 0) is 16.9 Å². The summed E-state index contributed by atoms with van der Waals surface area (Å²) in [4.78, 5) is 33.1. The second-order valence-electron chi connectivity index (χ2n) is 6.30. The number of alkyl halides is 3. The van der Waals surface area contributed by atoms with Crippen molar-refractivity contribution in [3.8, 4) is 0 Å². The fraction of sp³-hybridized carbons (Fsp3) is 0.222. The number of Topliss-reactive ketones (excluding diaryl/α,β-unsaturated/α-hetero) is 1. The molecule has 1 atom stereocenters. The van der Waals surface area contributed by atoms with Crippen LogP contribution in [0.4, 0.5) is 13.2 Å². The summed E-state index contributed by atoms with van der Waals surface area (Å²) in [6.07, 6.45) is -4.42. The number of fused-ring (bicyclic) bond motifs is 3. The molecule has 1 aliphatic heterocycles. The fourth-order valence-electron chi connectivity index (χ4n) is 3.28. The third kappa shape index (κ3) is 2.42. The molecule has 0 radical (unpaired) electrons. The summed E-state index contributed by atoms with van der Waals surface area (Å²) in [7, 11) is 0. The zero-order chi connectivity index (χ0) is 19.4. The lowest BCUT2D eigenvalue weighted by molar-refractivity contribution is -0.214.